The molecule has 0 saturated heterocycles. The Kier molecular flexibility index (Phi) is 7.18. The summed E-state index contributed by atoms with van der Waals surface area (Å²) < 4.78 is 4.49. The Hall–Kier alpha value is -0.650. The molecule has 0 aromatic carbocycles. The molecule has 0 bridgehead atoms. The number of hydrazine groups is 1. The molecule has 0 spiro atoms. The first-order chi connectivity index (χ1) is 5.04. The molecule has 0 radical (unpaired) electrons. The van der Waals surface area contributed by atoms with Crippen LogP contribution in [0, 0.1) is 5.41 Å². The van der Waals surface area contributed by atoms with E-state index in [-0.39, 0.29) is 5.97 Å². The van der Waals surface area contributed by atoms with Crippen LogP contribution in [0.4, 0.5) is 0 Å². The Morgan fingerprint density at radius 1 is 1.45 bits per heavy atom. The van der Waals surface area contributed by atoms with E-state index in [0.717, 1.165) is 0 Å². The van der Waals surface area contributed by atoms with Crippen molar-refractivity contribution >= 4 is 5.97 Å². The molecule has 11 heavy (non-hydrogen) atoms. The minimum Gasteiger partial charge on any atom is -0.469 e. The fraction of sp³-hybridized carbons (Fsp3) is 0.833. The number of esters is 1. The Bertz CT molecular complexity index is 114. The van der Waals surface area contributed by atoms with Crippen molar-refractivity contribution in [3.63, 3.8) is 0 Å². The summed E-state index contributed by atoms with van der Waals surface area (Å²) in [6.45, 7) is 3.82. The Morgan fingerprint density at radius 3 is 1.91 bits per heavy atom. The fourth-order valence-corrected chi connectivity index (χ4v) is 0.360. The molecular formula is C6H17N3O2. The summed E-state index contributed by atoms with van der Waals surface area (Å²) in [7, 11) is 1.36. The van der Waals surface area contributed by atoms with Crippen LogP contribution in [0.2, 0.25) is 0 Å². The summed E-state index contributed by atoms with van der Waals surface area (Å²) >= 11 is 0. The third-order valence-electron chi connectivity index (χ3n) is 1.25. The molecule has 0 atom stereocenters. The average molecular weight is 163 g/mol. The first kappa shape index (κ1) is 13.0. The van der Waals surface area contributed by atoms with Gasteiger partial charge in [0.15, 0.2) is 0 Å². The normalized spacial score (nSPS) is 9.64. The highest BCUT2D eigenvalue weighted by Crippen LogP contribution is 2.13. The van der Waals surface area contributed by atoms with E-state index in [9.17, 15) is 4.79 Å². The van der Waals surface area contributed by atoms with Gasteiger partial charge in [-0.1, -0.05) is 0 Å². The zero-order valence-electron chi connectivity index (χ0n) is 7.26. The zero-order chi connectivity index (χ0) is 9.49. The first-order valence-corrected chi connectivity index (χ1v) is 3.16. The minimum atomic E-state index is -0.533. The molecular weight excluding hydrogens is 146 g/mol. The van der Waals surface area contributed by atoms with Crippen LogP contribution in [0.1, 0.15) is 13.8 Å². The van der Waals surface area contributed by atoms with Crippen molar-refractivity contribution in [2.75, 3.05) is 13.7 Å². The Balaban J connectivity index is 0. The highest BCUT2D eigenvalue weighted by Gasteiger charge is 2.26. The van der Waals surface area contributed by atoms with Crippen LogP contribution in [-0.2, 0) is 9.53 Å². The smallest absolute Gasteiger partial charge is 0.312 e. The summed E-state index contributed by atoms with van der Waals surface area (Å²) in [5, 5.41) is 0. The molecule has 0 fully saturated rings. The van der Waals surface area contributed by atoms with Gasteiger partial charge in [-0.3, -0.25) is 16.5 Å². The standard InChI is InChI=1S/C6H13NO2.H4N2/c1-6(2,4-7)5(8)9-3;1-2/h4,7H2,1-3H3;1-2H2. The topological polar surface area (TPSA) is 104 Å². The minimum absolute atomic E-state index is 0.259. The maximum Gasteiger partial charge on any atom is 0.312 e. The van der Waals surface area contributed by atoms with Crippen molar-refractivity contribution in [1.29, 1.82) is 0 Å². The van der Waals surface area contributed by atoms with Crippen LogP contribution in [0.15, 0.2) is 0 Å². The van der Waals surface area contributed by atoms with Crippen LogP contribution in [0.25, 0.3) is 0 Å². The first-order valence-electron chi connectivity index (χ1n) is 3.16. The van der Waals surface area contributed by atoms with Gasteiger partial charge in [-0.2, -0.15) is 0 Å². The van der Waals surface area contributed by atoms with Crippen LogP contribution < -0.4 is 17.4 Å². The van der Waals surface area contributed by atoms with Gasteiger partial charge in [0.25, 0.3) is 0 Å². The maximum absolute atomic E-state index is 10.8. The summed E-state index contributed by atoms with van der Waals surface area (Å²) in [6.07, 6.45) is 0. The van der Waals surface area contributed by atoms with Gasteiger partial charge in [0.1, 0.15) is 0 Å². The molecule has 0 aromatic heterocycles. The monoisotopic (exact) mass is 163 g/mol. The van der Waals surface area contributed by atoms with Crippen molar-refractivity contribution in [2.45, 2.75) is 13.8 Å². The Morgan fingerprint density at radius 2 is 1.82 bits per heavy atom. The summed E-state index contributed by atoms with van der Waals surface area (Å²) in [6, 6.07) is 0. The van der Waals surface area contributed by atoms with Crippen molar-refractivity contribution in [2.24, 2.45) is 22.8 Å². The molecule has 0 aliphatic heterocycles. The molecule has 68 valence electrons. The van der Waals surface area contributed by atoms with Crippen LogP contribution in [-0.4, -0.2) is 19.6 Å². The van der Waals surface area contributed by atoms with Crippen molar-refractivity contribution in [3.05, 3.63) is 0 Å². The molecule has 0 rings (SSSR count). The highest BCUT2D eigenvalue weighted by atomic mass is 16.5. The summed E-state index contributed by atoms with van der Waals surface area (Å²) in [5.74, 6) is 7.74. The molecule has 0 aliphatic rings. The fourth-order valence-electron chi connectivity index (χ4n) is 0.360. The molecule has 6 N–H and O–H groups in total. The van der Waals surface area contributed by atoms with E-state index in [1.165, 1.54) is 7.11 Å². The van der Waals surface area contributed by atoms with E-state index in [1.54, 1.807) is 13.8 Å². The van der Waals surface area contributed by atoms with Gasteiger partial charge in [-0.05, 0) is 13.8 Å². The Labute approximate surface area is 66.8 Å². The molecule has 5 heteroatoms. The van der Waals surface area contributed by atoms with Gasteiger partial charge in [-0.25, -0.2) is 0 Å². The number of carbonyl (C=O) groups excluding carboxylic acids is 1. The van der Waals surface area contributed by atoms with Crippen molar-refractivity contribution < 1.29 is 9.53 Å². The zero-order valence-corrected chi connectivity index (χ0v) is 7.26. The van der Waals surface area contributed by atoms with E-state index in [0.29, 0.717) is 6.54 Å². The average Bonchev–Trinajstić information content (AvgIpc) is 2.06. The lowest BCUT2D eigenvalue weighted by atomic mass is 9.94. The van der Waals surface area contributed by atoms with Crippen molar-refractivity contribution in [1.82, 2.24) is 0 Å². The van der Waals surface area contributed by atoms with Crippen LogP contribution >= 0.6 is 0 Å². The second-order valence-corrected chi connectivity index (χ2v) is 2.58. The molecule has 0 aromatic rings. The lowest BCUT2D eigenvalue weighted by Gasteiger charge is -2.17. The summed E-state index contributed by atoms with van der Waals surface area (Å²) in [4.78, 5) is 10.8. The third-order valence-corrected chi connectivity index (χ3v) is 1.25. The van der Waals surface area contributed by atoms with Gasteiger partial charge in [0.05, 0.1) is 12.5 Å². The molecule has 0 aliphatic carbocycles. The predicted octanol–water partition coefficient (Wildman–Crippen LogP) is -1.04. The van der Waals surface area contributed by atoms with E-state index < -0.39 is 5.41 Å². The quantitative estimate of drug-likeness (QED) is 0.274. The molecule has 5 nitrogen and oxygen atoms in total. The van der Waals surface area contributed by atoms with E-state index in [2.05, 4.69) is 16.4 Å². The molecule has 0 saturated carbocycles. The second kappa shape index (κ2) is 6.09. The van der Waals surface area contributed by atoms with E-state index >= 15 is 0 Å². The lowest BCUT2D eigenvalue weighted by Crippen LogP contribution is -2.33. The third kappa shape index (κ3) is 4.72. The SMILES string of the molecule is COC(=O)C(C)(C)CN.NN. The largest absolute Gasteiger partial charge is 0.469 e. The van der Waals surface area contributed by atoms with Gasteiger partial charge >= 0.3 is 5.97 Å². The number of nitrogens with two attached hydrogens (primary N) is 3. The number of ether oxygens (including phenoxy) is 1. The molecule has 0 unspecified atom stereocenters. The van der Waals surface area contributed by atoms with E-state index in [4.69, 9.17) is 5.73 Å². The van der Waals surface area contributed by atoms with Gasteiger partial charge in [0, 0.05) is 6.54 Å². The van der Waals surface area contributed by atoms with Gasteiger partial charge < -0.3 is 10.5 Å². The maximum atomic E-state index is 10.8. The van der Waals surface area contributed by atoms with Crippen molar-refractivity contribution in [3.8, 4) is 0 Å². The number of rotatable bonds is 2. The van der Waals surface area contributed by atoms with Gasteiger partial charge in [0.2, 0.25) is 0 Å². The van der Waals surface area contributed by atoms with E-state index in [1.807, 2.05) is 0 Å². The molecule has 0 amide bonds. The number of methoxy groups -OCH3 is 1. The lowest BCUT2D eigenvalue weighted by molar-refractivity contribution is -0.150. The number of carbonyl (C=O) groups is 1. The number of hydrogen-bond acceptors (Lipinski definition) is 5. The van der Waals surface area contributed by atoms with Crippen LogP contribution in [0.5, 0.6) is 0 Å². The van der Waals surface area contributed by atoms with Crippen LogP contribution in [0.3, 0.4) is 0 Å². The second-order valence-electron chi connectivity index (χ2n) is 2.58. The predicted molar refractivity (Wildman–Crippen MR) is 43.2 cm³/mol. The van der Waals surface area contributed by atoms with Gasteiger partial charge in [-0.15, -0.1) is 0 Å². The number of hydrogen-bond donors (Lipinski definition) is 3. The summed E-state index contributed by atoms with van der Waals surface area (Å²) in [5.41, 5.74) is 4.75. The molecule has 0 heterocycles. The highest BCUT2D eigenvalue weighted by molar-refractivity contribution is 5.75.